The minimum atomic E-state index is -0.347. The minimum absolute atomic E-state index is 0.347. The first-order valence-electron chi connectivity index (χ1n) is 16.9. The van der Waals surface area contributed by atoms with E-state index in [2.05, 4.69) is 162 Å². The van der Waals surface area contributed by atoms with Crippen molar-refractivity contribution in [1.82, 2.24) is 15.6 Å². The van der Waals surface area contributed by atoms with Gasteiger partial charge in [0.25, 0.3) is 0 Å². The fraction of sp³-hybridized carbons (Fsp3) is 0.0435. The number of aromatic nitrogens is 1. The van der Waals surface area contributed by atoms with E-state index in [0.29, 0.717) is 0 Å². The summed E-state index contributed by atoms with van der Waals surface area (Å²) in [6.07, 6.45) is 11.5. The van der Waals surface area contributed by atoms with Gasteiger partial charge in [-0.15, -0.1) is 0 Å². The predicted octanol–water partition coefficient (Wildman–Crippen LogP) is 10.3. The van der Waals surface area contributed by atoms with E-state index in [4.69, 9.17) is 4.99 Å². The summed E-state index contributed by atoms with van der Waals surface area (Å²) in [5, 5.41) is 7.10. The van der Waals surface area contributed by atoms with Crippen molar-refractivity contribution >= 4 is 5.71 Å². The Kier molecular flexibility index (Phi) is 8.57. The van der Waals surface area contributed by atoms with Crippen molar-refractivity contribution in [1.29, 1.82) is 0 Å². The molecule has 5 aromatic carbocycles. The lowest BCUT2D eigenvalue weighted by molar-refractivity contribution is 0.631. The quantitative estimate of drug-likeness (QED) is 0.182. The molecule has 0 bridgehead atoms. The number of hydrogen-bond donors (Lipinski definition) is 2. The van der Waals surface area contributed by atoms with E-state index in [0.717, 1.165) is 56.9 Å². The van der Waals surface area contributed by atoms with Gasteiger partial charge in [0.15, 0.2) is 0 Å². The molecular formula is C46H36N4. The first-order valence-corrected chi connectivity index (χ1v) is 16.9. The molecule has 0 spiro atoms. The van der Waals surface area contributed by atoms with Gasteiger partial charge in [0.05, 0.1) is 5.71 Å². The van der Waals surface area contributed by atoms with Gasteiger partial charge in [0.2, 0.25) is 0 Å². The van der Waals surface area contributed by atoms with Crippen molar-refractivity contribution < 1.29 is 0 Å². The Morgan fingerprint density at radius 1 is 0.600 bits per heavy atom. The number of dihydropyridines is 1. The van der Waals surface area contributed by atoms with Gasteiger partial charge in [-0.05, 0) is 97.8 Å². The highest BCUT2D eigenvalue weighted by Crippen LogP contribution is 2.37. The monoisotopic (exact) mass is 644 g/mol. The van der Waals surface area contributed by atoms with Gasteiger partial charge in [-0.1, -0.05) is 134 Å². The first kappa shape index (κ1) is 30.8. The molecule has 0 amide bonds. The molecule has 0 saturated heterocycles. The second-order valence-electron chi connectivity index (χ2n) is 12.5. The second-order valence-corrected chi connectivity index (χ2v) is 12.5. The highest BCUT2D eigenvalue weighted by molar-refractivity contribution is 6.14. The Morgan fingerprint density at radius 2 is 1.20 bits per heavy atom. The summed E-state index contributed by atoms with van der Waals surface area (Å²) in [6.45, 7) is 5.15. The van der Waals surface area contributed by atoms with E-state index in [9.17, 15) is 0 Å². The van der Waals surface area contributed by atoms with Crippen LogP contribution >= 0.6 is 0 Å². The highest BCUT2D eigenvalue weighted by atomic mass is 15.1. The Labute approximate surface area is 293 Å². The van der Waals surface area contributed by atoms with Crippen LogP contribution in [0.1, 0.15) is 17.3 Å². The van der Waals surface area contributed by atoms with Crippen LogP contribution in [0.2, 0.25) is 0 Å². The van der Waals surface area contributed by atoms with E-state index in [-0.39, 0.29) is 6.17 Å². The van der Waals surface area contributed by atoms with Crippen LogP contribution in [0.25, 0.3) is 44.5 Å². The zero-order chi connectivity index (χ0) is 33.7. The molecule has 0 fully saturated rings. The number of benzene rings is 5. The van der Waals surface area contributed by atoms with Gasteiger partial charge in [-0.3, -0.25) is 9.98 Å². The van der Waals surface area contributed by atoms with Gasteiger partial charge in [0.1, 0.15) is 6.17 Å². The topological polar surface area (TPSA) is 49.3 Å². The average molecular weight is 645 g/mol. The molecule has 0 radical (unpaired) electrons. The fourth-order valence-corrected chi connectivity index (χ4v) is 6.60. The van der Waals surface area contributed by atoms with Crippen molar-refractivity contribution in [3.63, 3.8) is 0 Å². The zero-order valence-corrected chi connectivity index (χ0v) is 27.6. The maximum Gasteiger partial charge on any atom is 0.145 e. The molecule has 2 aliphatic rings. The third kappa shape index (κ3) is 6.47. The zero-order valence-electron chi connectivity index (χ0n) is 27.6. The van der Waals surface area contributed by atoms with Crippen molar-refractivity contribution in [3.8, 4) is 44.5 Å². The third-order valence-electron chi connectivity index (χ3n) is 9.22. The lowest BCUT2D eigenvalue weighted by Gasteiger charge is -2.22. The van der Waals surface area contributed by atoms with Gasteiger partial charge < -0.3 is 10.6 Å². The Bertz CT molecular complexity index is 2260. The SMILES string of the molecule is C=C1C=C(C2=CC=CNC2)NC(c2ccc(-c3ccc(-c4ccc(-c5ccccc5)cc4)cc3)c(-c3ccccc3)c2)N=C1c1cccnc1. The molecule has 1 atom stereocenters. The number of allylic oxidation sites excluding steroid dienone is 4. The smallest absolute Gasteiger partial charge is 0.145 e. The van der Waals surface area contributed by atoms with Crippen LogP contribution in [0.3, 0.4) is 0 Å². The molecule has 2 aliphatic heterocycles. The lowest BCUT2D eigenvalue weighted by Crippen LogP contribution is -2.24. The third-order valence-corrected chi connectivity index (χ3v) is 9.22. The molecule has 50 heavy (non-hydrogen) atoms. The van der Waals surface area contributed by atoms with Crippen LogP contribution in [0.4, 0.5) is 0 Å². The van der Waals surface area contributed by atoms with Crippen LogP contribution < -0.4 is 10.6 Å². The summed E-state index contributed by atoms with van der Waals surface area (Å²) in [5.41, 5.74) is 15.3. The van der Waals surface area contributed by atoms with Gasteiger partial charge >= 0.3 is 0 Å². The Hall–Kier alpha value is -6.52. The minimum Gasteiger partial charge on any atom is -0.387 e. The number of hydrogen-bond acceptors (Lipinski definition) is 4. The van der Waals surface area contributed by atoms with Gasteiger partial charge in [0, 0.05) is 30.2 Å². The summed E-state index contributed by atoms with van der Waals surface area (Å²) >= 11 is 0. The normalized spacial score (nSPS) is 15.6. The standard InChI is InChI=1S/C46H36N4/c1-32-28-44(40-14-8-26-47-30-40)49-46(50-45(32)41-15-9-27-48-31-41)39-24-25-42(43(29-39)37-12-6-3-7-13-37)38-22-20-36(21-23-38)35-18-16-34(17-19-35)33-10-4-2-5-11-33/h2-29,31,46-47,49H,1,30H2. The molecule has 2 N–H and O–H groups in total. The Morgan fingerprint density at radius 3 is 1.82 bits per heavy atom. The molecule has 3 heterocycles. The summed E-state index contributed by atoms with van der Waals surface area (Å²) in [6, 6.07) is 49.5. The number of rotatable bonds is 7. The van der Waals surface area contributed by atoms with E-state index >= 15 is 0 Å². The summed E-state index contributed by atoms with van der Waals surface area (Å²) < 4.78 is 0. The predicted molar refractivity (Wildman–Crippen MR) is 207 cm³/mol. The fourth-order valence-electron chi connectivity index (χ4n) is 6.60. The van der Waals surface area contributed by atoms with E-state index in [1.807, 2.05) is 30.6 Å². The molecule has 1 aromatic heterocycles. The van der Waals surface area contributed by atoms with E-state index < -0.39 is 0 Å². The van der Waals surface area contributed by atoms with Crippen molar-refractivity contribution in [2.75, 3.05) is 6.54 Å². The molecule has 4 heteroatoms. The molecule has 0 saturated carbocycles. The van der Waals surface area contributed by atoms with Crippen LogP contribution in [0.5, 0.6) is 0 Å². The van der Waals surface area contributed by atoms with Crippen LogP contribution in [0, 0.1) is 0 Å². The first-order chi connectivity index (χ1) is 24.7. The van der Waals surface area contributed by atoms with Crippen LogP contribution in [-0.4, -0.2) is 17.2 Å². The van der Waals surface area contributed by atoms with Gasteiger partial charge in [-0.2, -0.15) is 0 Å². The van der Waals surface area contributed by atoms with E-state index in [1.54, 1.807) is 6.20 Å². The number of nitrogens with one attached hydrogen (secondary N) is 2. The average Bonchev–Trinajstić information content (AvgIpc) is 3.38. The molecule has 240 valence electrons. The maximum atomic E-state index is 5.30. The van der Waals surface area contributed by atoms with Gasteiger partial charge in [-0.25, -0.2) is 0 Å². The molecule has 4 nitrogen and oxygen atoms in total. The summed E-state index contributed by atoms with van der Waals surface area (Å²) in [4.78, 5) is 9.68. The molecule has 0 aliphatic carbocycles. The molecule has 8 rings (SSSR count). The molecule has 1 unspecified atom stereocenters. The highest BCUT2D eigenvalue weighted by Gasteiger charge is 2.23. The molecular weight excluding hydrogens is 609 g/mol. The van der Waals surface area contributed by atoms with Crippen LogP contribution in [-0.2, 0) is 0 Å². The number of pyridine rings is 1. The van der Waals surface area contributed by atoms with Crippen molar-refractivity contribution in [2.24, 2.45) is 4.99 Å². The largest absolute Gasteiger partial charge is 0.387 e. The Balaban J connectivity index is 1.17. The lowest BCUT2D eigenvalue weighted by atomic mass is 9.91. The number of aliphatic imine (C=N–C) groups is 1. The summed E-state index contributed by atoms with van der Waals surface area (Å²) in [5.74, 6) is 0. The second kappa shape index (κ2) is 13.9. The van der Waals surface area contributed by atoms with Crippen LogP contribution in [0.15, 0.2) is 205 Å². The van der Waals surface area contributed by atoms with E-state index in [1.165, 1.54) is 27.8 Å². The summed E-state index contributed by atoms with van der Waals surface area (Å²) in [7, 11) is 0. The maximum absolute atomic E-state index is 5.30. The van der Waals surface area contributed by atoms with Crippen molar-refractivity contribution in [2.45, 2.75) is 6.17 Å². The number of nitrogens with zero attached hydrogens (tertiary/aromatic N) is 2. The molecule has 6 aromatic rings. The van der Waals surface area contributed by atoms with Crippen molar-refractivity contribution in [3.05, 3.63) is 211 Å².